The van der Waals surface area contributed by atoms with E-state index in [1.165, 1.54) is 0 Å². The molecule has 6 heteroatoms. The number of rotatable bonds is 4. The highest BCUT2D eigenvalue weighted by Crippen LogP contribution is 2.23. The summed E-state index contributed by atoms with van der Waals surface area (Å²) in [4.78, 5) is 12.9. The van der Waals surface area contributed by atoms with E-state index in [0.717, 1.165) is 22.5 Å². The monoisotopic (exact) mass is 283 g/mol. The molecule has 2 amide bonds. The maximum atomic E-state index is 10.8. The summed E-state index contributed by atoms with van der Waals surface area (Å²) in [5.74, 6) is 0. The molecule has 0 spiro atoms. The number of nitrogens with one attached hydrogen (secondary N) is 3. The Balaban J connectivity index is 2.07. The van der Waals surface area contributed by atoms with Gasteiger partial charge in [0.05, 0.1) is 5.69 Å². The molecule has 2 rings (SSSR count). The van der Waals surface area contributed by atoms with Crippen LogP contribution in [0.15, 0.2) is 53.6 Å². The molecule has 108 valence electrons. The summed E-state index contributed by atoms with van der Waals surface area (Å²) < 4.78 is 0. The van der Waals surface area contributed by atoms with Crippen LogP contribution in [0.3, 0.4) is 0 Å². The Morgan fingerprint density at radius 1 is 1.00 bits per heavy atom. The minimum atomic E-state index is -0.738. The SMILES string of the molecule is CN(C)c1ccc(-c2ccc(NNC(=O)N=N)cc2)cc1. The number of benzene rings is 2. The lowest BCUT2D eigenvalue weighted by molar-refractivity contribution is 0.249. The number of hydrogen-bond donors (Lipinski definition) is 3. The standard InChI is InChI=1S/C15H17N5O/c1-20(2)14-9-5-12(6-10-14)11-3-7-13(8-4-11)18-19-15(21)17-16/h3-10,16,18H,1-2H3,(H,19,21). The summed E-state index contributed by atoms with van der Waals surface area (Å²) >= 11 is 0. The second-order valence-corrected chi connectivity index (χ2v) is 4.69. The molecular weight excluding hydrogens is 266 g/mol. The van der Waals surface area contributed by atoms with E-state index in [0.29, 0.717) is 0 Å². The molecule has 3 N–H and O–H groups in total. The zero-order chi connectivity index (χ0) is 15.2. The molecule has 0 fully saturated rings. The van der Waals surface area contributed by atoms with Crippen molar-refractivity contribution in [3.8, 4) is 11.1 Å². The summed E-state index contributed by atoms with van der Waals surface area (Å²) in [5.41, 5.74) is 15.6. The number of anilines is 2. The highest BCUT2D eigenvalue weighted by Gasteiger charge is 2.01. The van der Waals surface area contributed by atoms with Crippen molar-refractivity contribution in [2.75, 3.05) is 24.4 Å². The first-order valence-corrected chi connectivity index (χ1v) is 6.41. The van der Waals surface area contributed by atoms with Crippen LogP contribution in [-0.4, -0.2) is 20.1 Å². The van der Waals surface area contributed by atoms with Crippen LogP contribution in [0.1, 0.15) is 0 Å². The molecule has 0 unspecified atom stereocenters. The van der Waals surface area contributed by atoms with Gasteiger partial charge in [-0.2, -0.15) is 5.53 Å². The molecule has 2 aromatic carbocycles. The number of nitrogens with zero attached hydrogens (tertiary/aromatic N) is 2. The Bertz CT molecular complexity index is 620. The predicted molar refractivity (Wildman–Crippen MR) is 83.5 cm³/mol. The van der Waals surface area contributed by atoms with Crippen molar-refractivity contribution in [3.63, 3.8) is 0 Å². The maximum absolute atomic E-state index is 10.8. The Morgan fingerprint density at radius 3 is 2.00 bits per heavy atom. The average molecular weight is 283 g/mol. The first-order valence-electron chi connectivity index (χ1n) is 6.41. The van der Waals surface area contributed by atoms with Crippen molar-refractivity contribution < 1.29 is 4.79 Å². The summed E-state index contributed by atoms with van der Waals surface area (Å²) in [6.45, 7) is 0. The maximum Gasteiger partial charge on any atom is 0.377 e. The van der Waals surface area contributed by atoms with Gasteiger partial charge in [-0.05, 0) is 35.4 Å². The summed E-state index contributed by atoms with van der Waals surface area (Å²) in [6.07, 6.45) is 0. The van der Waals surface area contributed by atoms with Crippen molar-refractivity contribution in [2.45, 2.75) is 0 Å². The molecule has 0 saturated carbocycles. The molecule has 2 aromatic rings. The first kappa shape index (κ1) is 14.5. The van der Waals surface area contributed by atoms with Gasteiger partial charge in [0.2, 0.25) is 0 Å². The van der Waals surface area contributed by atoms with E-state index < -0.39 is 6.03 Å². The minimum Gasteiger partial charge on any atom is -0.378 e. The van der Waals surface area contributed by atoms with Gasteiger partial charge < -0.3 is 4.90 Å². The van der Waals surface area contributed by atoms with Gasteiger partial charge in [-0.15, -0.1) is 0 Å². The largest absolute Gasteiger partial charge is 0.378 e. The highest BCUT2D eigenvalue weighted by molar-refractivity contribution is 5.75. The fourth-order valence-corrected chi connectivity index (χ4v) is 1.85. The van der Waals surface area contributed by atoms with E-state index in [-0.39, 0.29) is 0 Å². The predicted octanol–water partition coefficient (Wildman–Crippen LogP) is 3.49. The van der Waals surface area contributed by atoms with Gasteiger partial charge >= 0.3 is 6.03 Å². The second-order valence-electron chi connectivity index (χ2n) is 4.69. The fraction of sp³-hybridized carbons (Fsp3) is 0.133. The van der Waals surface area contributed by atoms with Crippen LogP contribution < -0.4 is 15.8 Å². The molecule has 0 aliphatic carbocycles. The number of amides is 2. The lowest BCUT2D eigenvalue weighted by Gasteiger charge is -2.13. The van der Waals surface area contributed by atoms with Gasteiger partial charge in [-0.1, -0.05) is 29.4 Å². The van der Waals surface area contributed by atoms with Crippen LogP contribution in [0.5, 0.6) is 0 Å². The number of carbonyl (C=O) groups is 1. The van der Waals surface area contributed by atoms with Crippen LogP contribution >= 0.6 is 0 Å². The van der Waals surface area contributed by atoms with E-state index in [4.69, 9.17) is 5.53 Å². The van der Waals surface area contributed by atoms with Crippen molar-refractivity contribution in [1.29, 1.82) is 5.53 Å². The fourth-order valence-electron chi connectivity index (χ4n) is 1.85. The molecule has 6 nitrogen and oxygen atoms in total. The molecule has 0 aliphatic rings. The lowest BCUT2D eigenvalue weighted by Crippen LogP contribution is -2.25. The van der Waals surface area contributed by atoms with Gasteiger partial charge in [-0.3, -0.25) is 5.43 Å². The molecule has 0 atom stereocenters. The van der Waals surface area contributed by atoms with Crippen LogP contribution in [0.4, 0.5) is 16.2 Å². The van der Waals surface area contributed by atoms with Crippen LogP contribution in [0.25, 0.3) is 11.1 Å². The van der Waals surface area contributed by atoms with E-state index in [1.54, 1.807) is 0 Å². The highest BCUT2D eigenvalue weighted by atomic mass is 16.2. The van der Waals surface area contributed by atoms with Crippen molar-refractivity contribution in [1.82, 2.24) is 5.43 Å². The zero-order valence-corrected chi connectivity index (χ0v) is 11.9. The molecule has 0 aromatic heterocycles. The normalized spacial score (nSPS) is 9.81. The molecule has 0 radical (unpaired) electrons. The van der Waals surface area contributed by atoms with E-state index in [2.05, 4.69) is 45.1 Å². The topological polar surface area (TPSA) is 80.6 Å². The third-order valence-electron chi connectivity index (χ3n) is 3.02. The molecule has 0 bridgehead atoms. The summed E-state index contributed by atoms with van der Waals surface area (Å²) in [5, 5.41) is 2.72. The number of carbonyl (C=O) groups excluding carboxylic acids is 1. The molecule has 21 heavy (non-hydrogen) atoms. The average Bonchev–Trinajstić information content (AvgIpc) is 2.53. The Labute approximate surface area is 123 Å². The van der Waals surface area contributed by atoms with Crippen LogP contribution in [-0.2, 0) is 0 Å². The second kappa shape index (κ2) is 6.51. The Kier molecular flexibility index (Phi) is 4.50. The molecule has 0 saturated heterocycles. The Hall–Kier alpha value is -2.89. The minimum absolute atomic E-state index is 0.723. The number of urea groups is 1. The molecule has 0 aliphatic heterocycles. The smallest absolute Gasteiger partial charge is 0.377 e. The van der Waals surface area contributed by atoms with Gasteiger partial charge in [0, 0.05) is 19.8 Å². The summed E-state index contributed by atoms with van der Waals surface area (Å²) in [7, 11) is 4.01. The van der Waals surface area contributed by atoms with Gasteiger partial charge in [0.25, 0.3) is 0 Å². The lowest BCUT2D eigenvalue weighted by atomic mass is 10.1. The van der Waals surface area contributed by atoms with Crippen molar-refractivity contribution in [2.24, 2.45) is 5.11 Å². The van der Waals surface area contributed by atoms with Gasteiger partial charge in [0.15, 0.2) is 0 Å². The Morgan fingerprint density at radius 2 is 1.52 bits per heavy atom. The van der Waals surface area contributed by atoms with Crippen molar-refractivity contribution in [3.05, 3.63) is 48.5 Å². The quantitative estimate of drug-likeness (QED) is 0.593. The van der Waals surface area contributed by atoms with Crippen LogP contribution in [0.2, 0.25) is 0 Å². The third-order valence-corrected chi connectivity index (χ3v) is 3.02. The van der Waals surface area contributed by atoms with Crippen LogP contribution in [0, 0.1) is 5.53 Å². The first-order chi connectivity index (χ1) is 10.1. The van der Waals surface area contributed by atoms with Gasteiger partial charge in [0.1, 0.15) is 0 Å². The zero-order valence-electron chi connectivity index (χ0n) is 11.9. The van der Waals surface area contributed by atoms with Crippen molar-refractivity contribution >= 4 is 17.4 Å². The van der Waals surface area contributed by atoms with E-state index in [1.807, 2.05) is 38.4 Å². The van der Waals surface area contributed by atoms with E-state index >= 15 is 0 Å². The third kappa shape index (κ3) is 3.79. The number of hydrogen-bond acceptors (Lipinski definition) is 4. The van der Waals surface area contributed by atoms with E-state index in [9.17, 15) is 4.79 Å². The molecular formula is C15H17N5O. The summed E-state index contributed by atoms with van der Waals surface area (Å²) in [6, 6.07) is 15.1. The van der Waals surface area contributed by atoms with Gasteiger partial charge in [-0.25, -0.2) is 10.2 Å². The number of hydrazine groups is 1. The molecule has 0 heterocycles.